The molecule has 25 heavy (non-hydrogen) atoms. The van der Waals surface area contributed by atoms with E-state index in [1.54, 1.807) is 24.3 Å². The summed E-state index contributed by atoms with van der Waals surface area (Å²) in [5, 5.41) is 29.0. The van der Waals surface area contributed by atoms with Gasteiger partial charge in [0.15, 0.2) is 17.2 Å². The Labute approximate surface area is 152 Å². The number of hydrogen-bond donors (Lipinski definition) is 4. The summed E-state index contributed by atoms with van der Waals surface area (Å²) in [4.78, 5) is 24.3. The normalized spacial score (nSPS) is 19.4. The van der Waals surface area contributed by atoms with E-state index in [0.29, 0.717) is 10.6 Å². The topological polar surface area (TPSA) is 110 Å². The number of carbonyl (C=O) groups is 2. The van der Waals surface area contributed by atoms with Gasteiger partial charge < -0.3 is 15.3 Å². The molecule has 2 amide bonds. The van der Waals surface area contributed by atoms with Crippen molar-refractivity contribution in [3.8, 4) is 17.2 Å². The van der Waals surface area contributed by atoms with Crippen LogP contribution in [0.3, 0.4) is 0 Å². The zero-order chi connectivity index (χ0) is 18.3. The highest BCUT2D eigenvalue weighted by atomic mass is 35.5. The number of hydrazine groups is 1. The number of β-lactam (4-membered cyclic amide) rings is 1. The number of benzene rings is 2. The molecule has 0 aromatic heterocycles. The van der Waals surface area contributed by atoms with Crippen molar-refractivity contribution in [2.75, 3.05) is 0 Å². The lowest BCUT2D eigenvalue weighted by atomic mass is 9.95. The Morgan fingerprint density at radius 2 is 1.64 bits per heavy atom. The van der Waals surface area contributed by atoms with E-state index in [-0.39, 0.29) is 5.56 Å². The lowest BCUT2D eigenvalue weighted by Gasteiger charge is -2.43. The van der Waals surface area contributed by atoms with Crippen molar-refractivity contribution in [2.24, 2.45) is 0 Å². The van der Waals surface area contributed by atoms with Gasteiger partial charge in [-0.15, -0.1) is 11.6 Å². The van der Waals surface area contributed by atoms with Gasteiger partial charge in [-0.05, 0) is 29.8 Å². The Balaban J connectivity index is 1.82. The third-order valence-corrected chi connectivity index (χ3v) is 4.47. The summed E-state index contributed by atoms with van der Waals surface area (Å²) in [6, 6.07) is 7.99. The second kappa shape index (κ2) is 6.34. The number of phenolic OH excluding ortho intramolecular Hbond substituents is 3. The predicted octanol–water partition coefficient (Wildman–Crippen LogP) is 2.29. The number of aromatic hydroxyl groups is 3. The second-order valence-electron chi connectivity index (χ2n) is 5.41. The maximum absolute atomic E-state index is 12.3. The third kappa shape index (κ3) is 3.04. The van der Waals surface area contributed by atoms with Gasteiger partial charge >= 0.3 is 0 Å². The summed E-state index contributed by atoms with van der Waals surface area (Å²) in [5.74, 6) is -3.32. The number of alkyl halides is 1. The Kier molecular flexibility index (Phi) is 4.36. The number of nitrogens with one attached hydrogen (secondary N) is 1. The molecule has 1 saturated heterocycles. The largest absolute Gasteiger partial charge is 0.504 e. The summed E-state index contributed by atoms with van der Waals surface area (Å²) >= 11 is 11.9. The van der Waals surface area contributed by atoms with Crippen LogP contribution in [0.15, 0.2) is 36.4 Å². The number of hydrogen-bond acceptors (Lipinski definition) is 5. The van der Waals surface area contributed by atoms with Gasteiger partial charge in [-0.1, -0.05) is 23.7 Å². The molecule has 3 rings (SSSR count). The molecule has 9 heteroatoms. The molecule has 7 nitrogen and oxygen atoms in total. The standard InChI is InChI=1S/C16H12Cl2N2O5/c17-9-3-1-7(2-4-9)13-12(18)16(25)20(13)19-15(24)8-5-10(21)14(23)11(22)6-8/h1-6,12-13,21-23H,(H,19,24). The van der Waals surface area contributed by atoms with E-state index in [9.17, 15) is 24.9 Å². The molecular formula is C16H12Cl2N2O5. The van der Waals surface area contributed by atoms with Crippen LogP contribution in [-0.2, 0) is 4.79 Å². The molecule has 1 aliphatic rings. The quantitative estimate of drug-likeness (QED) is 0.369. The van der Waals surface area contributed by atoms with E-state index in [1.807, 2.05) is 0 Å². The predicted molar refractivity (Wildman–Crippen MR) is 89.6 cm³/mol. The zero-order valence-corrected chi connectivity index (χ0v) is 14.0. The molecule has 2 unspecified atom stereocenters. The molecular weight excluding hydrogens is 371 g/mol. The first-order chi connectivity index (χ1) is 11.8. The van der Waals surface area contributed by atoms with Crippen LogP contribution in [0, 0.1) is 0 Å². The van der Waals surface area contributed by atoms with Crippen molar-refractivity contribution in [1.82, 2.24) is 10.4 Å². The van der Waals surface area contributed by atoms with Crippen molar-refractivity contribution in [2.45, 2.75) is 11.4 Å². The maximum Gasteiger partial charge on any atom is 0.270 e. The van der Waals surface area contributed by atoms with Crippen LogP contribution in [0.25, 0.3) is 0 Å². The lowest BCUT2D eigenvalue weighted by molar-refractivity contribution is -0.149. The van der Waals surface area contributed by atoms with Crippen LogP contribution in [0.2, 0.25) is 5.02 Å². The van der Waals surface area contributed by atoms with Crippen LogP contribution < -0.4 is 5.43 Å². The highest BCUT2D eigenvalue weighted by Crippen LogP contribution is 2.38. The van der Waals surface area contributed by atoms with Gasteiger partial charge in [-0.25, -0.2) is 5.01 Å². The summed E-state index contributed by atoms with van der Waals surface area (Å²) in [6.45, 7) is 0. The van der Waals surface area contributed by atoms with Crippen LogP contribution in [-0.4, -0.2) is 37.5 Å². The van der Waals surface area contributed by atoms with Crippen LogP contribution in [0.4, 0.5) is 0 Å². The molecule has 2 aromatic carbocycles. The van der Waals surface area contributed by atoms with E-state index < -0.39 is 40.5 Å². The molecule has 0 bridgehead atoms. The van der Waals surface area contributed by atoms with Crippen molar-refractivity contribution in [3.63, 3.8) is 0 Å². The van der Waals surface area contributed by atoms with Gasteiger partial charge in [0, 0.05) is 10.6 Å². The van der Waals surface area contributed by atoms with Gasteiger partial charge in [0.25, 0.3) is 11.8 Å². The van der Waals surface area contributed by atoms with Crippen LogP contribution in [0.1, 0.15) is 22.0 Å². The molecule has 0 radical (unpaired) electrons. The average molecular weight is 383 g/mol. The molecule has 1 aliphatic heterocycles. The molecule has 4 N–H and O–H groups in total. The molecule has 1 fully saturated rings. The van der Waals surface area contributed by atoms with Crippen LogP contribution in [0.5, 0.6) is 17.2 Å². The highest BCUT2D eigenvalue weighted by Gasteiger charge is 2.48. The summed E-state index contributed by atoms with van der Waals surface area (Å²) < 4.78 is 0. The molecule has 1 heterocycles. The molecule has 0 aliphatic carbocycles. The molecule has 130 valence electrons. The van der Waals surface area contributed by atoms with E-state index >= 15 is 0 Å². The number of carbonyl (C=O) groups excluding carboxylic acids is 2. The van der Waals surface area contributed by atoms with Gasteiger partial charge in [0.05, 0.1) is 0 Å². The summed E-state index contributed by atoms with van der Waals surface area (Å²) in [6.07, 6.45) is 0. The fraction of sp³-hybridized carbons (Fsp3) is 0.125. The van der Waals surface area contributed by atoms with E-state index in [2.05, 4.69) is 5.43 Å². The van der Waals surface area contributed by atoms with Crippen molar-refractivity contribution in [3.05, 3.63) is 52.5 Å². The van der Waals surface area contributed by atoms with Gasteiger partial charge in [-0.2, -0.15) is 0 Å². The fourth-order valence-electron chi connectivity index (χ4n) is 2.47. The third-order valence-electron chi connectivity index (χ3n) is 3.79. The smallest absolute Gasteiger partial charge is 0.270 e. The minimum atomic E-state index is -0.844. The summed E-state index contributed by atoms with van der Waals surface area (Å²) in [5.41, 5.74) is 2.91. The Bertz CT molecular complexity index is 833. The van der Waals surface area contributed by atoms with Gasteiger partial charge in [0.2, 0.25) is 0 Å². The first-order valence-corrected chi connectivity index (χ1v) is 7.89. The second-order valence-corrected chi connectivity index (χ2v) is 6.32. The van der Waals surface area contributed by atoms with Gasteiger partial charge in [-0.3, -0.25) is 15.0 Å². The average Bonchev–Trinajstić information content (AvgIpc) is 2.59. The zero-order valence-electron chi connectivity index (χ0n) is 12.5. The summed E-state index contributed by atoms with van der Waals surface area (Å²) in [7, 11) is 0. The van der Waals surface area contributed by atoms with E-state index in [1.165, 1.54) is 0 Å². The van der Waals surface area contributed by atoms with Gasteiger partial charge in [0.1, 0.15) is 11.4 Å². The Hall–Kier alpha value is -2.64. The highest BCUT2D eigenvalue weighted by molar-refractivity contribution is 6.33. The minimum Gasteiger partial charge on any atom is -0.504 e. The first kappa shape index (κ1) is 17.2. The lowest BCUT2D eigenvalue weighted by Crippen LogP contribution is -2.63. The SMILES string of the molecule is O=C(NN1C(=O)C(Cl)C1c1ccc(Cl)cc1)c1cc(O)c(O)c(O)c1. The Morgan fingerprint density at radius 3 is 2.20 bits per heavy atom. The van der Waals surface area contributed by atoms with Crippen molar-refractivity contribution >= 4 is 35.0 Å². The van der Waals surface area contributed by atoms with Crippen molar-refractivity contribution in [1.29, 1.82) is 0 Å². The molecule has 0 spiro atoms. The van der Waals surface area contributed by atoms with E-state index in [4.69, 9.17) is 23.2 Å². The number of nitrogens with zero attached hydrogens (tertiary/aromatic N) is 1. The Morgan fingerprint density at radius 1 is 1.08 bits per heavy atom. The number of rotatable bonds is 3. The molecule has 2 aromatic rings. The van der Waals surface area contributed by atoms with E-state index in [0.717, 1.165) is 17.1 Å². The monoisotopic (exact) mass is 382 g/mol. The molecule has 0 saturated carbocycles. The maximum atomic E-state index is 12.3. The number of phenols is 3. The number of amides is 2. The van der Waals surface area contributed by atoms with Crippen LogP contribution >= 0.6 is 23.2 Å². The number of halogens is 2. The first-order valence-electron chi connectivity index (χ1n) is 7.08. The minimum absolute atomic E-state index is 0.145. The fourth-order valence-corrected chi connectivity index (χ4v) is 2.95. The molecule has 2 atom stereocenters. The van der Waals surface area contributed by atoms with Crippen molar-refractivity contribution < 1.29 is 24.9 Å².